The molecule has 0 saturated carbocycles. The lowest BCUT2D eigenvalue weighted by Gasteiger charge is -2.35. The van der Waals surface area contributed by atoms with Crippen LogP contribution in [-0.4, -0.2) is 51.1 Å². The number of nitrogens with one attached hydrogen (secondary N) is 2. The van der Waals surface area contributed by atoms with Crippen LogP contribution in [0.3, 0.4) is 0 Å². The van der Waals surface area contributed by atoms with E-state index in [2.05, 4.69) is 44.5 Å². The average molecular weight is 386 g/mol. The molecule has 142 valence electrons. The Balaban J connectivity index is 1.65. The number of nitrogens with zero attached hydrogens (tertiary/aromatic N) is 5. The van der Waals surface area contributed by atoms with Crippen LogP contribution in [0.25, 0.3) is 22.3 Å². The SMILES string of the molecule is Cc1[nH]nc2ccc(-c3nnc(Cl)c(N4CCNC(CC(C)C)C4)n3)cc12. The number of halogens is 1. The van der Waals surface area contributed by atoms with Crippen molar-refractivity contribution in [2.24, 2.45) is 5.92 Å². The van der Waals surface area contributed by atoms with Gasteiger partial charge in [0.2, 0.25) is 0 Å². The zero-order valence-electron chi connectivity index (χ0n) is 15.8. The normalized spacial score (nSPS) is 17.8. The Morgan fingerprint density at radius 3 is 2.96 bits per heavy atom. The predicted molar refractivity (Wildman–Crippen MR) is 108 cm³/mol. The van der Waals surface area contributed by atoms with Crippen LogP contribution in [0.1, 0.15) is 26.0 Å². The summed E-state index contributed by atoms with van der Waals surface area (Å²) < 4.78 is 0. The topological polar surface area (TPSA) is 82.6 Å². The van der Waals surface area contributed by atoms with E-state index in [9.17, 15) is 0 Å². The van der Waals surface area contributed by atoms with Crippen molar-refractivity contribution in [3.8, 4) is 11.4 Å². The monoisotopic (exact) mass is 385 g/mol. The van der Waals surface area contributed by atoms with E-state index in [4.69, 9.17) is 16.6 Å². The summed E-state index contributed by atoms with van der Waals surface area (Å²) in [4.78, 5) is 6.98. The second-order valence-corrected chi connectivity index (χ2v) is 7.91. The molecule has 4 rings (SSSR count). The molecule has 1 unspecified atom stereocenters. The van der Waals surface area contributed by atoms with Gasteiger partial charge < -0.3 is 10.2 Å². The van der Waals surface area contributed by atoms with E-state index in [1.807, 2.05) is 25.1 Å². The number of fused-ring (bicyclic) bond motifs is 1. The molecular weight excluding hydrogens is 362 g/mol. The van der Waals surface area contributed by atoms with E-state index >= 15 is 0 Å². The molecule has 1 fully saturated rings. The Morgan fingerprint density at radius 2 is 2.15 bits per heavy atom. The molecule has 1 atom stereocenters. The van der Waals surface area contributed by atoms with Crippen LogP contribution in [0.2, 0.25) is 5.15 Å². The summed E-state index contributed by atoms with van der Waals surface area (Å²) in [7, 11) is 0. The number of hydrogen-bond donors (Lipinski definition) is 2. The summed E-state index contributed by atoms with van der Waals surface area (Å²) in [5, 5.41) is 20.7. The fraction of sp³-hybridized carbons (Fsp3) is 0.474. The van der Waals surface area contributed by atoms with Crippen LogP contribution < -0.4 is 10.2 Å². The summed E-state index contributed by atoms with van der Waals surface area (Å²) in [6, 6.07) is 6.41. The van der Waals surface area contributed by atoms with Gasteiger partial charge in [-0.15, -0.1) is 10.2 Å². The van der Waals surface area contributed by atoms with Gasteiger partial charge in [-0.2, -0.15) is 5.10 Å². The second kappa shape index (κ2) is 7.40. The summed E-state index contributed by atoms with van der Waals surface area (Å²) in [5.74, 6) is 1.93. The van der Waals surface area contributed by atoms with Crippen LogP contribution >= 0.6 is 11.6 Å². The van der Waals surface area contributed by atoms with Gasteiger partial charge in [-0.25, -0.2) is 4.98 Å². The average Bonchev–Trinajstić information content (AvgIpc) is 3.02. The molecule has 8 heteroatoms. The molecule has 3 heterocycles. The Labute approximate surface area is 163 Å². The van der Waals surface area contributed by atoms with Crippen LogP contribution in [0.15, 0.2) is 18.2 Å². The maximum Gasteiger partial charge on any atom is 0.194 e. The zero-order chi connectivity index (χ0) is 19.0. The number of aryl methyl sites for hydroxylation is 1. The number of hydrogen-bond acceptors (Lipinski definition) is 6. The number of H-pyrrole nitrogens is 1. The van der Waals surface area contributed by atoms with Crippen molar-refractivity contribution < 1.29 is 0 Å². The highest BCUT2D eigenvalue weighted by Crippen LogP contribution is 2.27. The van der Waals surface area contributed by atoms with Gasteiger partial charge in [0, 0.05) is 42.3 Å². The van der Waals surface area contributed by atoms with Crippen molar-refractivity contribution in [1.82, 2.24) is 30.7 Å². The van der Waals surface area contributed by atoms with Crippen LogP contribution in [0.5, 0.6) is 0 Å². The van der Waals surface area contributed by atoms with E-state index in [1.54, 1.807) is 0 Å². The van der Waals surface area contributed by atoms with Crippen LogP contribution in [-0.2, 0) is 0 Å². The first-order valence-corrected chi connectivity index (χ1v) is 9.72. The molecule has 1 aromatic carbocycles. The number of benzene rings is 1. The minimum atomic E-state index is 0.351. The quantitative estimate of drug-likeness (QED) is 0.717. The van der Waals surface area contributed by atoms with Crippen molar-refractivity contribution >= 4 is 28.3 Å². The number of piperazine rings is 1. The molecular formula is C19H24ClN7. The van der Waals surface area contributed by atoms with Gasteiger partial charge in [0.15, 0.2) is 16.8 Å². The van der Waals surface area contributed by atoms with Gasteiger partial charge in [-0.3, -0.25) is 5.10 Å². The number of anilines is 1. The molecule has 0 amide bonds. The predicted octanol–water partition coefficient (Wildman–Crippen LogP) is 3.20. The Hall–Kier alpha value is -2.25. The Bertz CT molecular complexity index is 952. The molecule has 1 saturated heterocycles. The second-order valence-electron chi connectivity index (χ2n) is 7.56. The lowest BCUT2D eigenvalue weighted by Crippen LogP contribution is -2.51. The molecule has 1 aliphatic heterocycles. The van der Waals surface area contributed by atoms with E-state index in [0.29, 0.717) is 28.8 Å². The van der Waals surface area contributed by atoms with Gasteiger partial charge in [0.05, 0.1) is 5.52 Å². The lowest BCUT2D eigenvalue weighted by molar-refractivity contribution is 0.387. The number of aromatic amines is 1. The molecule has 2 N–H and O–H groups in total. The molecule has 27 heavy (non-hydrogen) atoms. The lowest BCUT2D eigenvalue weighted by atomic mass is 10.0. The maximum atomic E-state index is 6.36. The van der Waals surface area contributed by atoms with Crippen molar-refractivity contribution in [2.75, 3.05) is 24.5 Å². The number of rotatable bonds is 4. The minimum absolute atomic E-state index is 0.351. The highest BCUT2D eigenvalue weighted by atomic mass is 35.5. The summed E-state index contributed by atoms with van der Waals surface area (Å²) >= 11 is 6.36. The summed E-state index contributed by atoms with van der Waals surface area (Å²) in [6.07, 6.45) is 1.12. The molecule has 7 nitrogen and oxygen atoms in total. The Morgan fingerprint density at radius 1 is 1.30 bits per heavy atom. The zero-order valence-corrected chi connectivity index (χ0v) is 16.6. The van der Waals surface area contributed by atoms with Crippen molar-refractivity contribution in [3.05, 3.63) is 29.0 Å². The molecule has 3 aromatic rings. The third-order valence-corrected chi connectivity index (χ3v) is 5.19. The molecule has 0 spiro atoms. The molecule has 1 aliphatic rings. The fourth-order valence-corrected chi connectivity index (χ4v) is 3.85. The molecule has 0 aliphatic carbocycles. The fourth-order valence-electron chi connectivity index (χ4n) is 3.65. The Kier molecular flexibility index (Phi) is 4.97. The number of aromatic nitrogens is 5. The van der Waals surface area contributed by atoms with Gasteiger partial charge in [0.1, 0.15) is 0 Å². The van der Waals surface area contributed by atoms with Gasteiger partial charge in [-0.05, 0) is 37.5 Å². The van der Waals surface area contributed by atoms with E-state index in [0.717, 1.165) is 48.2 Å². The standard InChI is InChI=1S/C19H24ClN7/c1-11(2)8-14-10-27(7-6-21-14)19-17(20)25-26-18(22-19)13-4-5-16-15(9-13)12(3)23-24-16/h4-5,9,11,14,21H,6-8,10H2,1-3H3,(H,23,24). The van der Waals surface area contributed by atoms with E-state index < -0.39 is 0 Å². The largest absolute Gasteiger partial charge is 0.351 e. The maximum absolute atomic E-state index is 6.36. The molecule has 0 radical (unpaired) electrons. The summed E-state index contributed by atoms with van der Waals surface area (Å²) in [6.45, 7) is 9.12. The summed E-state index contributed by atoms with van der Waals surface area (Å²) in [5.41, 5.74) is 2.86. The highest BCUT2D eigenvalue weighted by Gasteiger charge is 2.24. The van der Waals surface area contributed by atoms with E-state index in [-0.39, 0.29) is 0 Å². The van der Waals surface area contributed by atoms with Crippen molar-refractivity contribution in [2.45, 2.75) is 33.2 Å². The van der Waals surface area contributed by atoms with Crippen LogP contribution in [0, 0.1) is 12.8 Å². The first-order chi connectivity index (χ1) is 13.0. The minimum Gasteiger partial charge on any atom is -0.351 e. The molecule has 0 bridgehead atoms. The van der Waals surface area contributed by atoms with Crippen LogP contribution in [0.4, 0.5) is 5.82 Å². The smallest absolute Gasteiger partial charge is 0.194 e. The third kappa shape index (κ3) is 3.75. The van der Waals surface area contributed by atoms with Gasteiger partial charge in [0.25, 0.3) is 0 Å². The first-order valence-electron chi connectivity index (χ1n) is 9.35. The van der Waals surface area contributed by atoms with Crippen molar-refractivity contribution in [1.29, 1.82) is 0 Å². The first kappa shape index (κ1) is 18.1. The molecule has 2 aromatic heterocycles. The van der Waals surface area contributed by atoms with Crippen molar-refractivity contribution in [3.63, 3.8) is 0 Å². The highest BCUT2D eigenvalue weighted by molar-refractivity contribution is 6.31. The van der Waals surface area contributed by atoms with E-state index in [1.165, 1.54) is 0 Å². The van der Waals surface area contributed by atoms with Gasteiger partial charge >= 0.3 is 0 Å². The van der Waals surface area contributed by atoms with Gasteiger partial charge in [-0.1, -0.05) is 25.4 Å². The third-order valence-electron chi connectivity index (χ3n) is 4.94.